The lowest BCUT2D eigenvalue weighted by atomic mass is 9.90. The van der Waals surface area contributed by atoms with Crippen molar-refractivity contribution >= 4 is 34.1 Å². The molecule has 68 valence electrons. The third-order valence-electron chi connectivity index (χ3n) is 2.37. The summed E-state index contributed by atoms with van der Waals surface area (Å²) in [6.07, 6.45) is 2.66. The van der Waals surface area contributed by atoms with Crippen LogP contribution in [0.3, 0.4) is 0 Å². The van der Waals surface area contributed by atoms with Gasteiger partial charge in [0.05, 0.1) is 0 Å². The monoisotopic (exact) mass is 287 g/mol. The van der Waals surface area contributed by atoms with Crippen LogP contribution in [-0.2, 0) is 6.42 Å². The molecule has 1 aromatic rings. The second kappa shape index (κ2) is 3.29. The summed E-state index contributed by atoms with van der Waals surface area (Å²) in [6.45, 7) is 0. The minimum absolute atomic E-state index is 0.240. The van der Waals surface area contributed by atoms with Gasteiger partial charge in [0.2, 0.25) is 0 Å². The summed E-state index contributed by atoms with van der Waals surface area (Å²) in [5.74, 6) is 0.240. The molecular weight excluding hydrogens is 277 g/mol. The van der Waals surface area contributed by atoms with Gasteiger partial charge in [0.15, 0.2) is 5.78 Å². The van der Waals surface area contributed by atoms with E-state index in [1.54, 1.807) is 0 Å². The quantitative estimate of drug-likeness (QED) is 0.588. The molecular formula is C10H10INO. The molecule has 0 radical (unpaired) electrons. The van der Waals surface area contributed by atoms with E-state index in [0.29, 0.717) is 6.42 Å². The first-order chi connectivity index (χ1) is 6.18. The van der Waals surface area contributed by atoms with Crippen molar-refractivity contribution in [2.75, 3.05) is 5.73 Å². The number of ketones is 1. The highest BCUT2D eigenvalue weighted by molar-refractivity contribution is 14.1. The smallest absolute Gasteiger partial charge is 0.163 e. The van der Waals surface area contributed by atoms with Crippen molar-refractivity contribution in [3.8, 4) is 0 Å². The number of carbonyl (C=O) groups is 1. The van der Waals surface area contributed by atoms with Crippen molar-refractivity contribution in [3.63, 3.8) is 0 Å². The van der Waals surface area contributed by atoms with Crippen molar-refractivity contribution in [2.45, 2.75) is 19.3 Å². The maximum Gasteiger partial charge on any atom is 0.163 e. The van der Waals surface area contributed by atoms with Gasteiger partial charge in [0.25, 0.3) is 0 Å². The molecule has 0 heterocycles. The SMILES string of the molecule is Nc1cc2c(cc1I)CCCC2=O. The molecule has 0 aliphatic heterocycles. The third-order valence-corrected chi connectivity index (χ3v) is 3.31. The molecule has 1 aromatic carbocycles. The number of Topliss-reactive ketones (excluding diaryl/α,β-unsaturated/α-hetero) is 1. The van der Waals surface area contributed by atoms with E-state index >= 15 is 0 Å². The van der Waals surface area contributed by atoms with Gasteiger partial charge < -0.3 is 5.73 Å². The molecule has 0 spiro atoms. The summed E-state index contributed by atoms with van der Waals surface area (Å²) in [4.78, 5) is 11.5. The number of anilines is 1. The number of carbonyl (C=O) groups excluding carboxylic acids is 1. The zero-order chi connectivity index (χ0) is 9.42. The summed E-state index contributed by atoms with van der Waals surface area (Å²) < 4.78 is 1.05. The lowest BCUT2D eigenvalue weighted by Gasteiger charge is -2.15. The lowest BCUT2D eigenvalue weighted by Crippen LogP contribution is -2.11. The second-order valence-corrected chi connectivity index (χ2v) is 4.47. The molecule has 2 rings (SSSR count). The van der Waals surface area contributed by atoms with Crippen LogP contribution < -0.4 is 5.73 Å². The third kappa shape index (κ3) is 1.57. The molecule has 13 heavy (non-hydrogen) atoms. The average molecular weight is 287 g/mol. The molecule has 0 saturated heterocycles. The van der Waals surface area contributed by atoms with Gasteiger partial charge in [-0.1, -0.05) is 0 Å². The summed E-state index contributed by atoms with van der Waals surface area (Å²) >= 11 is 2.20. The van der Waals surface area contributed by atoms with E-state index in [-0.39, 0.29) is 5.78 Å². The first-order valence-corrected chi connectivity index (χ1v) is 5.37. The van der Waals surface area contributed by atoms with Crippen LogP contribution in [-0.4, -0.2) is 5.78 Å². The van der Waals surface area contributed by atoms with Crippen LogP contribution in [0.15, 0.2) is 12.1 Å². The van der Waals surface area contributed by atoms with Crippen LogP contribution in [0, 0.1) is 3.57 Å². The van der Waals surface area contributed by atoms with Crippen molar-refractivity contribution in [1.29, 1.82) is 0 Å². The van der Waals surface area contributed by atoms with Crippen molar-refractivity contribution in [1.82, 2.24) is 0 Å². The van der Waals surface area contributed by atoms with Crippen molar-refractivity contribution < 1.29 is 4.79 Å². The Morgan fingerprint density at radius 3 is 2.85 bits per heavy atom. The van der Waals surface area contributed by atoms with E-state index in [0.717, 1.165) is 33.2 Å². The van der Waals surface area contributed by atoms with Crippen LogP contribution in [0.25, 0.3) is 0 Å². The zero-order valence-corrected chi connectivity index (χ0v) is 9.30. The number of aryl methyl sites for hydroxylation is 1. The highest BCUT2D eigenvalue weighted by atomic mass is 127. The highest BCUT2D eigenvalue weighted by Crippen LogP contribution is 2.26. The average Bonchev–Trinajstić information content (AvgIpc) is 2.09. The van der Waals surface area contributed by atoms with Gasteiger partial charge in [-0.25, -0.2) is 0 Å². The second-order valence-electron chi connectivity index (χ2n) is 3.31. The van der Waals surface area contributed by atoms with Crippen molar-refractivity contribution in [3.05, 3.63) is 26.8 Å². The summed E-state index contributed by atoms with van der Waals surface area (Å²) in [5, 5.41) is 0. The van der Waals surface area contributed by atoms with Crippen LogP contribution in [0.5, 0.6) is 0 Å². The lowest BCUT2D eigenvalue weighted by molar-refractivity contribution is 0.0972. The largest absolute Gasteiger partial charge is 0.398 e. The molecule has 0 unspecified atom stereocenters. The van der Waals surface area contributed by atoms with E-state index in [9.17, 15) is 4.79 Å². The molecule has 0 bridgehead atoms. The van der Waals surface area contributed by atoms with Gasteiger partial charge in [0, 0.05) is 21.2 Å². The van der Waals surface area contributed by atoms with Gasteiger partial charge in [-0.2, -0.15) is 0 Å². The fourth-order valence-electron chi connectivity index (χ4n) is 1.67. The maximum atomic E-state index is 11.5. The Labute approximate surface area is 90.6 Å². The first kappa shape index (κ1) is 8.99. The van der Waals surface area contributed by atoms with Gasteiger partial charge in [0.1, 0.15) is 0 Å². The zero-order valence-electron chi connectivity index (χ0n) is 7.14. The van der Waals surface area contributed by atoms with Gasteiger partial charge in [-0.3, -0.25) is 4.79 Å². The summed E-state index contributed by atoms with van der Waals surface area (Å²) in [5.41, 5.74) is 8.46. The first-order valence-electron chi connectivity index (χ1n) is 4.29. The Morgan fingerprint density at radius 1 is 1.31 bits per heavy atom. The van der Waals surface area contributed by atoms with Crippen LogP contribution in [0.1, 0.15) is 28.8 Å². The van der Waals surface area contributed by atoms with E-state index < -0.39 is 0 Å². The Hall–Kier alpha value is -0.580. The number of fused-ring (bicyclic) bond motifs is 1. The maximum absolute atomic E-state index is 11.5. The van der Waals surface area contributed by atoms with E-state index in [4.69, 9.17) is 5.73 Å². The Morgan fingerprint density at radius 2 is 2.08 bits per heavy atom. The Bertz CT molecular complexity index is 373. The fourth-order valence-corrected chi connectivity index (χ4v) is 2.20. The molecule has 3 heteroatoms. The molecule has 2 nitrogen and oxygen atoms in total. The highest BCUT2D eigenvalue weighted by Gasteiger charge is 2.17. The predicted octanol–water partition coefficient (Wildman–Crippen LogP) is 2.39. The molecule has 0 atom stereocenters. The minimum atomic E-state index is 0.240. The van der Waals surface area contributed by atoms with Crippen LogP contribution >= 0.6 is 22.6 Å². The summed E-state index contributed by atoms with van der Waals surface area (Å²) in [6, 6.07) is 3.85. The van der Waals surface area contributed by atoms with Gasteiger partial charge in [-0.05, 0) is 53.1 Å². The number of hydrogen-bond donors (Lipinski definition) is 1. The number of hydrogen-bond acceptors (Lipinski definition) is 2. The van der Waals surface area contributed by atoms with Gasteiger partial charge >= 0.3 is 0 Å². The topological polar surface area (TPSA) is 43.1 Å². The Kier molecular flexibility index (Phi) is 2.27. The number of halogens is 1. The number of nitrogens with two attached hydrogens (primary N) is 1. The van der Waals surface area contributed by atoms with E-state index in [2.05, 4.69) is 22.6 Å². The molecule has 0 fully saturated rings. The van der Waals surface area contributed by atoms with E-state index in [1.807, 2.05) is 12.1 Å². The Balaban J connectivity index is 2.58. The van der Waals surface area contributed by atoms with Gasteiger partial charge in [-0.15, -0.1) is 0 Å². The number of benzene rings is 1. The minimum Gasteiger partial charge on any atom is -0.398 e. The van der Waals surface area contributed by atoms with Crippen molar-refractivity contribution in [2.24, 2.45) is 0 Å². The molecule has 0 aromatic heterocycles. The number of nitrogen functional groups attached to an aromatic ring is 1. The van der Waals surface area contributed by atoms with Crippen LogP contribution in [0.4, 0.5) is 5.69 Å². The molecule has 1 aliphatic rings. The number of rotatable bonds is 0. The van der Waals surface area contributed by atoms with Crippen LogP contribution in [0.2, 0.25) is 0 Å². The standard InChI is InChI=1S/C10H10INO/c11-8-4-6-2-1-3-10(13)7(6)5-9(8)12/h4-5H,1-3,12H2. The van der Waals surface area contributed by atoms with E-state index in [1.165, 1.54) is 0 Å². The molecule has 0 amide bonds. The molecule has 1 aliphatic carbocycles. The fraction of sp³-hybridized carbons (Fsp3) is 0.300. The normalized spacial score (nSPS) is 15.6. The molecule has 2 N–H and O–H groups in total. The summed E-state index contributed by atoms with van der Waals surface area (Å²) in [7, 11) is 0. The predicted molar refractivity (Wildman–Crippen MR) is 60.8 cm³/mol. The molecule has 0 saturated carbocycles.